The summed E-state index contributed by atoms with van der Waals surface area (Å²) in [5, 5.41) is 3.03. The molecule has 1 spiro atoms. The molecule has 152 valence electrons. The molecule has 6 nitrogen and oxygen atoms in total. The van der Waals surface area contributed by atoms with Gasteiger partial charge in [0.2, 0.25) is 5.91 Å². The molecule has 1 aliphatic carbocycles. The standard InChI is InChI=1S/C21H36N4O2/c1-16(2)22-19(27)25-12-8-20(9-13-25)6-7-21(15-23(3)14-17(20)21)18(26)24-10-4-5-11-24/h16-17H,4-15H2,1-3H3,(H,22,27)/t17-,21+/m0/s1. The van der Waals surface area contributed by atoms with E-state index in [1.54, 1.807) is 0 Å². The minimum atomic E-state index is -0.165. The minimum Gasteiger partial charge on any atom is -0.342 e. The lowest BCUT2D eigenvalue weighted by molar-refractivity contribution is -0.142. The summed E-state index contributed by atoms with van der Waals surface area (Å²) in [6, 6.07) is 0.245. The van der Waals surface area contributed by atoms with Crippen molar-refractivity contribution in [2.75, 3.05) is 46.3 Å². The summed E-state index contributed by atoms with van der Waals surface area (Å²) < 4.78 is 0. The fraction of sp³-hybridized carbons (Fsp3) is 0.905. The largest absolute Gasteiger partial charge is 0.342 e. The maximum absolute atomic E-state index is 13.5. The van der Waals surface area contributed by atoms with Gasteiger partial charge >= 0.3 is 6.03 Å². The number of hydrogen-bond donors (Lipinski definition) is 1. The molecule has 6 heteroatoms. The van der Waals surface area contributed by atoms with E-state index in [9.17, 15) is 9.59 Å². The number of rotatable bonds is 2. The number of likely N-dealkylation sites (tertiary alicyclic amines) is 3. The second-order valence-electron chi connectivity index (χ2n) is 9.86. The third-order valence-electron chi connectivity index (χ3n) is 7.80. The number of carbonyl (C=O) groups excluding carboxylic acids is 2. The summed E-state index contributed by atoms with van der Waals surface area (Å²) in [5.41, 5.74) is 0.0796. The Balaban J connectivity index is 1.49. The molecule has 1 N–H and O–H groups in total. The maximum atomic E-state index is 13.5. The fourth-order valence-electron chi connectivity index (χ4n) is 6.47. The van der Waals surface area contributed by atoms with Gasteiger partial charge in [-0.05, 0) is 70.8 Å². The van der Waals surface area contributed by atoms with Crippen molar-refractivity contribution >= 4 is 11.9 Å². The highest BCUT2D eigenvalue weighted by molar-refractivity contribution is 5.84. The van der Waals surface area contributed by atoms with Gasteiger partial charge < -0.3 is 20.0 Å². The van der Waals surface area contributed by atoms with Crippen LogP contribution in [0.5, 0.6) is 0 Å². The highest BCUT2D eigenvalue weighted by Gasteiger charge is 2.64. The lowest BCUT2D eigenvalue weighted by atomic mass is 9.65. The highest BCUT2D eigenvalue weighted by Crippen LogP contribution is 2.62. The second kappa shape index (κ2) is 6.94. The molecule has 4 fully saturated rings. The molecule has 0 unspecified atom stereocenters. The van der Waals surface area contributed by atoms with Gasteiger partial charge in [0, 0.05) is 45.3 Å². The third kappa shape index (κ3) is 3.14. The van der Waals surface area contributed by atoms with Crippen molar-refractivity contribution in [3.63, 3.8) is 0 Å². The van der Waals surface area contributed by atoms with Gasteiger partial charge in [-0.15, -0.1) is 0 Å². The smallest absolute Gasteiger partial charge is 0.317 e. The molecular weight excluding hydrogens is 340 g/mol. The summed E-state index contributed by atoms with van der Waals surface area (Å²) in [6.07, 6.45) is 6.61. The average Bonchev–Trinajstić information content (AvgIpc) is 3.32. The minimum absolute atomic E-state index is 0.0702. The molecule has 3 saturated heterocycles. The van der Waals surface area contributed by atoms with Crippen LogP contribution in [0.4, 0.5) is 4.79 Å². The van der Waals surface area contributed by atoms with Crippen LogP contribution in [0.2, 0.25) is 0 Å². The Morgan fingerprint density at radius 3 is 2.26 bits per heavy atom. The van der Waals surface area contributed by atoms with Crippen LogP contribution >= 0.6 is 0 Å². The molecule has 3 aliphatic heterocycles. The summed E-state index contributed by atoms with van der Waals surface area (Å²) in [7, 11) is 2.18. The third-order valence-corrected chi connectivity index (χ3v) is 7.80. The second-order valence-corrected chi connectivity index (χ2v) is 9.86. The molecule has 4 aliphatic rings. The van der Waals surface area contributed by atoms with E-state index < -0.39 is 0 Å². The quantitative estimate of drug-likeness (QED) is 0.803. The number of urea groups is 1. The van der Waals surface area contributed by atoms with E-state index in [-0.39, 0.29) is 22.9 Å². The number of amides is 3. The number of piperidine rings is 1. The molecular formula is C21H36N4O2. The molecule has 0 aromatic heterocycles. The van der Waals surface area contributed by atoms with Crippen LogP contribution in [-0.2, 0) is 4.79 Å². The molecule has 3 amide bonds. The molecule has 27 heavy (non-hydrogen) atoms. The van der Waals surface area contributed by atoms with Crippen molar-refractivity contribution in [3.05, 3.63) is 0 Å². The van der Waals surface area contributed by atoms with Gasteiger partial charge in [-0.25, -0.2) is 4.79 Å². The lowest BCUT2D eigenvalue weighted by Crippen LogP contribution is -2.52. The average molecular weight is 377 g/mol. The van der Waals surface area contributed by atoms with E-state index in [0.717, 1.165) is 77.8 Å². The number of fused-ring (bicyclic) bond motifs is 2. The molecule has 0 aromatic rings. The molecule has 0 bridgehead atoms. The summed E-state index contributed by atoms with van der Waals surface area (Å²) >= 11 is 0. The van der Waals surface area contributed by atoms with Gasteiger partial charge in [0.25, 0.3) is 0 Å². The molecule has 0 radical (unpaired) electrons. The van der Waals surface area contributed by atoms with Crippen molar-refractivity contribution in [1.82, 2.24) is 20.0 Å². The van der Waals surface area contributed by atoms with Crippen molar-refractivity contribution in [3.8, 4) is 0 Å². The van der Waals surface area contributed by atoms with Gasteiger partial charge in [0.1, 0.15) is 0 Å². The van der Waals surface area contributed by atoms with E-state index in [2.05, 4.69) is 22.2 Å². The van der Waals surface area contributed by atoms with E-state index in [4.69, 9.17) is 0 Å². The van der Waals surface area contributed by atoms with Crippen molar-refractivity contribution in [2.45, 2.75) is 58.4 Å². The van der Waals surface area contributed by atoms with Crippen molar-refractivity contribution in [2.24, 2.45) is 16.7 Å². The zero-order chi connectivity index (χ0) is 19.2. The van der Waals surface area contributed by atoms with Gasteiger partial charge in [-0.2, -0.15) is 0 Å². The van der Waals surface area contributed by atoms with Crippen LogP contribution in [-0.4, -0.2) is 79.0 Å². The zero-order valence-corrected chi connectivity index (χ0v) is 17.3. The van der Waals surface area contributed by atoms with Crippen molar-refractivity contribution < 1.29 is 9.59 Å². The Hall–Kier alpha value is -1.30. The highest BCUT2D eigenvalue weighted by atomic mass is 16.2. The summed E-state index contributed by atoms with van der Waals surface area (Å²) in [5.74, 6) is 0.893. The SMILES string of the molecule is CC(C)NC(=O)N1CCC2(CC1)CC[C@@]1(C(=O)N3CCCC3)CN(C)C[C@@H]21. The molecule has 4 rings (SSSR count). The lowest BCUT2D eigenvalue weighted by Gasteiger charge is -2.45. The van der Waals surface area contributed by atoms with Gasteiger partial charge in [0.15, 0.2) is 0 Å². The first-order valence-corrected chi connectivity index (χ1v) is 10.9. The molecule has 1 saturated carbocycles. The van der Waals surface area contributed by atoms with Crippen LogP contribution < -0.4 is 5.32 Å². The Morgan fingerprint density at radius 2 is 1.63 bits per heavy atom. The Bertz CT molecular complexity index is 593. The van der Waals surface area contributed by atoms with E-state index in [0.29, 0.717) is 11.8 Å². The Labute approximate surface area is 163 Å². The monoisotopic (exact) mass is 376 g/mol. The van der Waals surface area contributed by atoms with Crippen LogP contribution in [0.25, 0.3) is 0 Å². The first-order chi connectivity index (χ1) is 12.9. The normalized spacial score (nSPS) is 33.1. The predicted molar refractivity (Wildman–Crippen MR) is 105 cm³/mol. The molecule has 2 atom stereocenters. The Kier molecular flexibility index (Phi) is 4.90. The van der Waals surface area contributed by atoms with Crippen LogP contribution in [0, 0.1) is 16.7 Å². The van der Waals surface area contributed by atoms with Crippen LogP contribution in [0.1, 0.15) is 52.4 Å². The number of hydrogen-bond acceptors (Lipinski definition) is 3. The molecule has 0 aromatic carbocycles. The number of nitrogens with one attached hydrogen (secondary N) is 1. The molecule has 3 heterocycles. The van der Waals surface area contributed by atoms with E-state index in [1.807, 2.05) is 18.7 Å². The number of carbonyl (C=O) groups is 2. The van der Waals surface area contributed by atoms with Crippen molar-refractivity contribution in [1.29, 1.82) is 0 Å². The Morgan fingerprint density at radius 1 is 0.963 bits per heavy atom. The zero-order valence-electron chi connectivity index (χ0n) is 17.3. The van der Waals surface area contributed by atoms with E-state index >= 15 is 0 Å². The predicted octanol–water partition coefficient (Wildman–Crippen LogP) is 2.15. The van der Waals surface area contributed by atoms with Gasteiger partial charge in [0.05, 0.1) is 5.41 Å². The van der Waals surface area contributed by atoms with E-state index in [1.165, 1.54) is 0 Å². The maximum Gasteiger partial charge on any atom is 0.317 e. The van der Waals surface area contributed by atoms with Crippen LogP contribution in [0.15, 0.2) is 0 Å². The topological polar surface area (TPSA) is 55.9 Å². The fourth-order valence-corrected chi connectivity index (χ4v) is 6.47. The first kappa shape index (κ1) is 19.0. The van der Waals surface area contributed by atoms with Crippen LogP contribution in [0.3, 0.4) is 0 Å². The van der Waals surface area contributed by atoms with Gasteiger partial charge in [-0.3, -0.25) is 4.79 Å². The van der Waals surface area contributed by atoms with Gasteiger partial charge in [-0.1, -0.05) is 0 Å². The summed E-state index contributed by atoms with van der Waals surface area (Å²) in [6.45, 7) is 9.53. The number of nitrogens with zero attached hydrogens (tertiary/aromatic N) is 3. The first-order valence-electron chi connectivity index (χ1n) is 10.9. The summed E-state index contributed by atoms with van der Waals surface area (Å²) in [4.78, 5) is 32.4.